The topological polar surface area (TPSA) is 33.1 Å². The van der Waals surface area contributed by atoms with E-state index in [1.54, 1.807) is 0 Å². The SMILES string of the molecule is CCNCCc1nc2ccccc2n1C1CCN(C/C=C/c2ccccc2)CC1. The molecule has 4 nitrogen and oxygen atoms in total. The van der Waals surface area contributed by atoms with Crippen molar-refractivity contribution in [2.45, 2.75) is 32.2 Å². The Hall–Kier alpha value is -2.43. The lowest BCUT2D eigenvalue weighted by molar-refractivity contribution is 0.203. The Morgan fingerprint density at radius 2 is 1.79 bits per heavy atom. The molecule has 1 saturated heterocycles. The van der Waals surface area contributed by atoms with Crippen LogP contribution in [0.5, 0.6) is 0 Å². The number of benzene rings is 2. The van der Waals surface area contributed by atoms with E-state index in [0.29, 0.717) is 6.04 Å². The summed E-state index contributed by atoms with van der Waals surface area (Å²) in [7, 11) is 0. The number of hydrogen-bond acceptors (Lipinski definition) is 3. The van der Waals surface area contributed by atoms with E-state index in [2.05, 4.69) is 88.5 Å². The van der Waals surface area contributed by atoms with Gasteiger partial charge in [-0.15, -0.1) is 0 Å². The standard InChI is InChI=1S/C25H32N4/c1-2-26-17-14-25-27-23-12-6-7-13-24(23)29(25)22-15-19-28(20-16-22)18-8-11-21-9-4-3-5-10-21/h3-13,22,26H,2,14-20H2,1H3/b11-8+. The Bertz CT molecular complexity index is 920. The molecule has 1 aromatic heterocycles. The summed E-state index contributed by atoms with van der Waals surface area (Å²) in [6, 6.07) is 19.7. The number of nitrogens with zero attached hydrogens (tertiary/aromatic N) is 3. The van der Waals surface area contributed by atoms with Crippen molar-refractivity contribution < 1.29 is 0 Å². The lowest BCUT2D eigenvalue weighted by Crippen LogP contribution is -2.35. The van der Waals surface area contributed by atoms with Gasteiger partial charge in [0.05, 0.1) is 11.0 Å². The summed E-state index contributed by atoms with van der Waals surface area (Å²) in [5.74, 6) is 1.23. The van der Waals surface area contributed by atoms with Crippen LogP contribution in [0.4, 0.5) is 0 Å². The van der Waals surface area contributed by atoms with Crippen LogP contribution in [-0.4, -0.2) is 47.2 Å². The third-order valence-electron chi connectivity index (χ3n) is 5.84. The molecular weight excluding hydrogens is 356 g/mol. The normalized spacial score (nSPS) is 16.2. The second-order valence-electron chi connectivity index (χ2n) is 7.84. The van der Waals surface area contributed by atoms with E-state index >= 15 is 0 Å². The number of hydrogen-bond donors (Lipinski definition) is 1. The molecule has 4 rings (SSSR count). The maximum absolute atomic E-state index is 4.96. The Balaban J connectivity index is 1.40. The number of piperidine rings is 1. The molecule has 1 fully saturated rings. The van der Waals surface area contributed by atoms with Gasteiger partial charge in [0.25, 0.3) is 0 Å². The highest BCUT2D eigenvalue weighted by Gasteiger charge is 2.23. The van der Waals surface area contributed by atoms with Crippen LogP contribution in [-0.2, 0) is 6.42 Å². The fourth-order valence-electron chi connectivity index (χ4n) is 4.32. The fourth-order valence-corrected chi connectivity index (χ4v) is 4.32. The molecule has 0 spiro atoms. The zero-order valence-corrected chi connectivity index (χ0v) is 17.4. The van der Waals surface area contributed by atoms with Crippen LogP contribution in [0.2, 0.25) is 0 Å². The summed E-state index contributed by atoms with van der Waals surface area (Å²) < 4.78 is 2.53. The Morgan fingerprint density at radius 1 is 1.03 bits per heavy atom. The molecule has 1 N–H and O–H groups in total. The molecule has 0 saturated carbocycles. The summed E-state index contributed by atoms with van der Waals surface area (Å²) in [5.41, 5.74) is 3.70. The smallest absolute Gasteiger partial charge is 0.111 e. The van der Waals surface area contributed by atoms with Crippen LogP contribution < -0.4 is 5.32 Å². The number of para-hydroxylation sites is 2. The quantitative estimate of drug-likeness (QED) is 0.575. The maximum atomic E-state index is 4.96. The van der Waals surface area contributed by atoms with Gasteiger partial charge in [0, 0.05) is 38.6 Å². The molecule has 1 aliphatic heterocycles. The van der Waals surface area contributed by atoms with Crippen molar-refractivity contribution in [3.05, 3.63) is 72.1 Å². The first-order chi connectivity index (χ1) is 14.3. The molecule has 0 radical (unpaired) electrons. The molecule has 0 bridgehead atoms. The number of rotatable bonds is 8. The summed E-state index contributed by atoms with van der Waals surface area (Å²) in [6.07, 6.45) is 7.89. The Kier molecular flexibility index (Phi) is 6.75. The van der Waals surface area contributed by atoms with E-state index in [4.69, 9.17) is 4.98 Å². The number of imidazole rings is 1. The van der Waals surface area contributed by atoms with Crippen molar-refractivity contribution in [3.8, 4) is 0 Å². The first-order valence-electron chi connectivity index (χ1n) is 11.0. The number of likely N-dealkylation sites (N-methyl/N-ethyl adjacent to an activating group) is 1. The monoisotopic (exact) mass is 388 g/mol. The Morgan fingerprint density at radius 3 is 2.59 bits per heavy atom. The van der Waals surface area contributed by atoms with Gasteiger partial charge in [0.1, 0.15) is 5.82 Å². The van der Waals surface area contributed by atoms with E-state index in [9.17, 15) is 0 Å². The van der Waals surface area contributed by atoms with Crippen LogP contribution >= 0.6 is 0 Å². The second kappa shape index (κ2) is 9.86. The van der Waals surface area contributed by atoms with Crippen molar-refractivity contribution >= 4 is 17.1 Å². The predicted molar refractivity (Wildman–Crippen MR) is 122 cm³/mol. The lowest BCUT2D eigenvalue weighted by atomic mass is 10.0. The second-order valence-corrected chi connectivity index (χ2v) is 7.84. The largest absolute Gasteiger partial charge is 0.325 e. The average Bonchev–Trinajstić information content (AvgIpc) is 3.13. The van der Waals surface area contributed by atoms with Crippen LogP contribution in [0.3, 0.4) is 0 Å². The van der Waals surface area contributed by atoms with Crippen molar-refractivity contribution in [3.63, 3.8) is 0 Å². The molecule has 29 heavy (non-hydrogen) atoms. The minimum atomic E-state index is 0.549. The fraction of sp³-hybridized carbons (Fsp3) is 0.400. The summed E-state index contributed by atoms with van der Waals surface area (Å²) in [6.45, 7) is 7.47. The van der Waals surface area contributed by atoms with Crippen molar-refractivity contribution in [1.29, 1.82) is 0 Å². The molecule has 2 heterocycles. The van der Waals surface area contributed by atoms with Crippen LogP contribution in [0, 0.1) is 0 Å². The van der Waals surface area contributed by atoms with E-state index in [1.807, 2.05) is 0 Å². The summed E-state index contributed by atoms with van der Waals surface area (Å²) in [4.78, 5) is 7.52. The van der Waals surface area contributed by atoms with Crippen LogP contribution in [0.1, 0.15) is 37.2 Å². The molecule has 0 atom stereocenters. The lowest BCUT2D eigenvalue weighted by Gasteiger charge is -2.33. The van der Waals surface area contributed by atoms with E-state index < -0.39 is 0 Å². The molecule has 152 valence electrons. The van der Waals surface area contributed by atoms with Gasteiger partial charge in [0.2, 0.25) is 0 Å². The van der Waals surface area contributed by atoms with Crippen LogP contribution in [0.25, 0.3) is 17.1 Å². The first-order valence-corrected chi connectivity index (χ1v) is 11.0. The predicted octanol–water partition coefficient (Wildman–Crippen LogP) is 4.54. The van der Waals surface area contributed by atoms with E-state index in [1.165, 1.54) is 29.7 Å². The van der Waals surface area contributed by atoms with Crippen molar-refractivity contribution in [2.24, 2.45) is 0 Å². The number of likely N-dealkylation sites (tertiary alicyclic amines) is 1. The molecule has 0 aliphatic carbocycles. The highest BCUT2D eigenvalue weighted by molar-refractivity contribution is 5.76. The molecule has 1 aliphatic rings. The van der Waals surface area contributed by atoms with Crippen molar-refractivity contribution in [1.82, 2.24) is 19.8 Å². The minimum Gasteiger partial charge on any atom is -0.325 e. The first kappa shape index (κ1) is 19.9. The molecule has 2 aromatic carbocycles. The van der Waals surface area contributed by atoms with Crippen LogP contribution in [0.15, 0.2) is 60.7 Å². The maximum Gasteiger partial charge on any atom is 0.111 e. The van der Waals surface area contributed by atoms with Gasteiger partial charge >= 0.3 is 0 Å². The molecule has 0 unspecified atom stereocenters. The third-order valence-corrected chi connectivity index (χ3v) is 5.84. The molecule has 4 heteroatoms. The van der Waals surface area contributed by atoms with Gasteiger partial charge in [-0.3, -0.25) is 4.90 Å². The third kappa shape index (κ3) is 4.95. The molecule has 0 amide bonds. The summed E-state index contributed by atoms with van der Waals surface area (Å²) in [5, 5.41) is 3.45. The van der Waals surface area contributed by atoms with Gasteiger partial charge in [-0.1, -0.05) is 61.5 Å². The number of aromatic nitrogens is 2. The highest BCUT2D eigenvalue weighted by Crippen LogP contribution is 2.29. The van der Waals surface area contributed by atoms with Gasteiger partial charge < -0.3 is 9.88 Å². The van der Waals surface area contributed by atoms with Gasteiger partial charge in [0.15, 0.2) is 0 Å². The van der Waals surface area contributed by atoms with Gasteiger partial charge in [-0.05, 0) is 37.1 Å². The van der Waals surface area contributed by atoms with Crippen molar-refractivity contribution in [2.75, 3.05) is 32.7 Å². The van der Waals surface area contributed by atoms with E-state index in [-0.39, 0.29) is 0 Å². The molecule has 3 aromatic rings. The van der Waals surface area contributed by atoms with Gasteiger partial charge in [-0.2, -0.15) is 0 Å². The minimum absolute atomic E-state index is 0.549. The number of fused-ring (bicyclic) bond motifs is 1. The average molecular weight is 389 g/mol. The Labute approximate surface area is 174 Å². The molecular formula is C25H32N4. The zero-order chi connectivity index (χ0) is 19.9. The summed E-state index contributed by atoms with van der Waals surface area (Å²) >= 11 is 0. The number of nitrogens with one attached hydrogen (secondary N) is 1. The van der Waals surface area contributed by atoms with E-state index in [0.717, 1.165) is 44.7 Å². The highest BCUT2D eigenvalue weighted by atomic mass is 15.2. The van der Waals surface area contributed by atoms with Gasteiger partial charge in [-0.25, -0.2) is 4.98 Å². The zero-order valence-electron chi connectivity index (χ0n) is 17.4.